The van der Waals surface area contributed by atoms with Gasteiger partial charge in [0.15, 0.2) is 0 Å². The van der Waals surface area contributed by atoms with Crippen LogP contribution in [0.5, 0.6) is 0 Å². The summed E-state index contributed by atoms with van der Waals surface area (Å²) in [5.74, 6) is 0. The summed E-state index contributed by atoms with van der Waals surface area (Å²) >= 11 is 0. The Morgan fingerprint density at radius 1 is 1.15 bits per heavy atom. The molecule has 0 atom stereocenters. The first-order valence-electron chi connectivity index (χ1n) is 7.26. The number of nitrogens with zero attached hydrogens (tertiary/aromatic N) is 4. The number of fused-ring (bicyclic) bond motifs is 2. The first kappa shape index (κ1) is 11.7. The van der Waals surface area contributed by atoms with Gasteiger partial charge in [-0.05, 0) is 31.7 Å². The highest BCUT2D eigenvalue weighted by Gasteiger charge is 2.16. The van der Waals surface area contributed by atoms with Gasteiger partial charge < -0.3 is 4.57 Å². The highest BCUT2D eigenvalue weighted by atomic mass is 15.3. The number of rotatable bonds is 2. The van der Waals surface area contributed by atoms with Crippen molar-refractivity contribution < 1.29 is 0 Å². The molecule has 1 aromatic carbocycles. The molecule has 0 saturated heterocycles. The molecule has 1 aliphatic carbocycles. The number of para-hydroxylation sites is 1. The molecular formula is C16H18N4. The van der Waals surface area contributed by atoms with Crippen molar-refractivity contribution in [1.29, 1.82) is 0 Å². The molecule has 0 amide bonds. The molecule has 0 aliphatic heterocycles. The van der Waals surface area contributed by atoms with Gasteiger partial charge in [-0.3, -0.25) is 4.68 Å². The second-order valence-corrected chi connectivity index (χ2v) is 5.56. The molecule has 0 bridgehead atoms. The lowest BCUT2D eigenvalue weighted by Crippen LogP contribution is -2.09. The smallest absolute Gasteiger partial charge is 0.0955 e. The number of benzene rings is 1. The van der Waals surface area contributed by atoms with Crippen LogP contribution in [0, 0.1) is 0 Å². The summed E-state index contributed by atoms with van der Waals surface area (Å²) in [5, 5.41) is 5.93. The summed E-state index contributed by atoms with van der Waals surface area (Å²) < 4.78 is 4.25. The van der Waals surface area contributed by atoms with E-state index >= 15 is 0 Å². The van der Waals surface area contributed by atoms with E-state index in [4.69, 9.17) is 0 Å². The van der Waals surface area contributed by atoms with Gasteiger partial charge in [-0.1, -0.05) is 18.2 Å². The van der Waals surface area contributed by atoms with Crippen LogP contribution in [0.4, 0.5) is 0 Å². The van der Waals surface area contributed by atoms with Gasteiger partial charge in [0.2, 0.25) is 0 Å². The molecular weight excluding hydrogens is 248 g/mol. The van der Waals surface area contributed by atoms with E-state index in [-0.39, 0.29) is 0 Å². The van der Waals surface area contributed by atoms with E-state index < -0.39 is 0 Å². The fraction of sp³-hybridized carbons (Fsp3) is 0.375. The van der Waals surface area contributed by atoms with Gasteiger partial charge in [0.1, 0.15) is 0 Å². The molecule has 2 heterocycles. The first-order chi connectivity index (χ1) is 9.83. The highest BCUT2D eigenvalue weighted by molar-refractivity contribution is 5.81. The third-order valence-electron chi connectivity index (χ3n) is 4.26. The topological polar surface area (TPSA) is 35.6 Å². The van der Waals surface area contributed by atoms with Crippen molar-refractivity contribution in [2.24, 2.45) is 7.05 Å². The van der Waals surface area contributed by atoms with Gasteiger partial charge in [0.05, 0.1) is 29.8 Å². The fourth-order valence-corrected chi connectivity index (χ4v) is 3.23. The molecule has 2 aromatic heterocycles. The molecule has 1 aliphatic rings. The molecule has 3 aromatic rings. The zero-order valence-electron chi connectivity index (χ0n) is 11.7. The normalized spacial score (nSPS) is 14.7. The van der Waals surface area contributed by atoms with Crippen LogP contribution < -0.4 is 0 Å². The summed E-state index contributed by atoms with van der Waals surface area (Å²) in [4.78, 5) is 4.57. The summed E-state index contributed by atoms with van der Waals surface area (Å²) in [6.45, 7) is 0.823. The number of aromatic nitrogens is 4. The average Bonchev–Trinajstić information content (AvgIpc) is 3.03. The molecule has 0 radical (unpaired) electrons. The second-order valence-electron chi connectivity index (χ2n) is 5.56. The molecule has 0 saturated carbocycles. The van der Waals surface area contributed by atoms with Crippen LogP contribution in [-0.4, -0.2) is 19.3 Å². The van der Waals surface area contributed by atoms with Crippen LogP contribution in [0.3, 0.4) is 0 Å². The van der Waals surface area contributed by atoms with E-state index in [0.29, 0.717) is 0 Å². The molecule has 0 spiro atoms. The molecule has 20 heavy (non-hydrogen) atoms. The van der Waals surface area contributed by atoms with Gasteiger partial charge in [0.25, 0.3) is 0 Å². The Labute approximate surface area is 118 Å². The Hall–Kier alpha value is -2.10. The van der Waals surface area contributed by atoms with Crippen LogP contribution in [-0.2, 0) is 26.4 Å². The van der Waals surface area contributed by atoms with E-state index in [9.17, 15) is 0 Å². The second kappa shape index (κ2) is 4.47. The monoisotopic (exact) mass is 266 g/mol. The molecule has 0 fully saturated rings. The van der Waals surface area contributed by atoms with Gasteiger partial charge in [-0.2, -0.15) is 5.10 Å². The Morgan fingerprint density at radius 2 is 2.00 bits per heavy atom. The van der Waals surface area contributed by atoms with E-state index in [2.05, 4.69) is 38.9 Å². The van der Waals surface area contributed by atoms with Crippen molar-refractivity contribution in [1.82, 2.24) is 19.3 Å². The molecule has 0 N–H and O–H groups in total. The van der Waals surface area contributed by atoms with E-state index in [0.717, 1.165) is 25.1 Å². The SMILES string of the molecule is Cn1nc(Cn2cnc3c2CCCC3)c2ccccc21. The van der Waals surface area contributed by atoms with Crippen LogP contribution in [0.25, 0.3) is 10.9 Å². The average molecular weight is 266 g/mol. The van der Waals surface area contributed by atoms with E-state index in [1.54, 1.807) is 0 Å². The third kappa shape index (κ3) is 1.75. The summed E-state index contributed by atoms with van der Waals surface area (Å²) in [5.41, 5.74) is 5.02. The largest absolute Gasteiger partial charge is 0.328 e. The predicted molar refractivity (Wildman–Crippen MR) is 78.7 cm³/mol. The Bertz CT molecular complexity index is 766. The molecule has 4 heteroatoms. The van der Waals surface area contributed by atoms with Crippen molar-refractivity contribution >= 4 is 10.9 Å². The molecule has 0 unspecified atom stereocenters. The lowest BCUT2D eigenvalue weighted by molar-refractivity contribution is 0.621. The van der Waals surface area contributed by atoms with Crippen molar-refractivity contribution in [2.75, 3.05) is 0 Å². The summed E-state index contributed by atoms with van der Waals surface area (Å²) in [6.07, 6.45) is 6.82. The maximum atomic E-state index is 4.68. The molecule has 4 rings (SSSR count). The molecule has 102 valence electrons. The van der Waals surface area contributed by atoms with Crippen molar-refractivity contribution in [2.45, 2.75) is 32.2 Å². The summed E-state index contributed by atoms with van der Waals surface area (Å²) in [6, 6.07) is 8.42. The number of aryl methyl sites for hydroxylation is 2. The Balaban J connectivity index is 1.76. The van der Waals surface area contributed by atoms with Gasteiger partial charge >= 0.3 is 0 Å². The number of imidazole rings is 1. The van der Waals surface area contributed by atoms with Gasteiger partial charge in [-0.15, -0.1) is 0 Å². The molecule has 4 nitrogen and oxygen atoms in total. The maximum absolute atomic E-state index is 4.68. The quantitative estimate of drug-likeness (QED) is 0.715. The first-order valence-corrected chi connectivity index (χ1v) is 7.26. The van der Waals surface area contributed by atoms with Crippen LogP contribution in [0.1, 0.15) is 29.9 Å². The van der Waals surface area contributed by atoms with Crippen molar-refractivity contribution in [3.8, 4) is 0 Å². The van der Waals surface area contributed by atoms with Gasteiger partial charge in [-0.25, -0.2) is 4.98 Å². The Kier molecular flexibility index (Phi) is 2.62. The highest BCUT2D eigenvalue weighted by Crippen LogP contribution is 2.23. The zero-order chi connectivity index (χ0) is 13.5. The van der Waals surface area contributed by atoms with Crippen molar-refractivity contribution in [3.05, 3.63) is 47.7 Å². The number of hydrogen-bond donors (Lipinski definition) is 0. The van der Waals surface area contributed by atoms with Crippen LogP contribution in [0.2, 0.25) is 0 Å². The van der Waals surface area contributed by atoms with Gasteiger partial charge in [0, 0.05) is 18.1 Å². The van der Waals surface area contributed by atoms with Crippen molar-refractivity contribution in [3.63, 3.8) is 0 Å². The Morgan fingerprint density at radius 3 is 2.95 bits per heavy atom. The van der Waals surface area contributed by atoms with E-state index in [1.807, 2.05) is 18.1 Å². The van der Waals surface area contributed by atoms with Crippen LogP contribution in [0.15, 0.2) is 30.6 Å². The zero-order valence-corrected chi connectivity index (χ0v) is 11.7. The summed E-state index contributed by atoms with van der Waals surface area (Å²) in [7, 11) is 2.01. The lowest BCUT2D eigenvalue weighted by Gasteiger charge is -2.13. The lowest BCUT2D eigenvalue weighted by atomic mass is 10.0. The standard InChI is InChI=1S/C16H18N4/c1-19-15-8-4-2-6-12(15)14(18-19)10-20-11-17-13-7-3-5-9-16(13)20/h2,4,6,8,11H,3,5,7,9-10H2,1H3. The minimum atomic E-state index is 0.823. The fourth-order valence-electron chi connectivity index (χ4n) is 3.23. The van der Waals surface area contributed by atoms with E-state index in [1.165, 1.54) is 35.1 Å². The maximum Gasteiger partial charge on any atom is 0.0955 e. The minimum absolute atomic E-state index is 0.823. The number of hydrogen-bond acceptors (Lipinski definition) is 2. The van der Waals surface area contributed by atoms with Crippen LogP contribution >= 0.6 is 0 Å². The third-order valence-corrected chi connectivity index (χ3v) is 4.26. The minimum Gasteiger partial charge on any atom is -0.328 e. The predicted octanol–water partition coefficient (Wildman–Crippen LogP) is 2.70.